The maximum Gasteiger partial charge on any atom is 0.328 e. The first-order valence-corrected chi connectivity index (χ1v) is 8.27. The van der Waals surface area contributed by atoms with Crippen LogP contribution in [0.15, 0.2) is 0 Å². The summed E-state index contributed by atoms with van der Waals surface area (Å²) < 4.78 is 26.7. The molecule has 0 saturated heterocycles. The van der Waals surface area contributed by atoms with Crippen molar-refractivity contribution in [2.45, 2.75) is 32.4 Å². The van der Waals surface area contributed by atoms with Gasteiger partial charge in [-0.2, -0.15) is 0 Å². The predicted octanol–water partition coefficient (Wildman–Crippen LogP) is -0.875. The monoisotopic (exact) mass is 324 g/mol. The molecule has 0 aliphatic carbocycles. The molecule has 0 aliphatic rings. The molecular weight excluding hydrogens is 304 g/mol. The van der Waals surface area contributed by atoms with Gasteiger partial charge in [0, 0.05) is 6.26 Å². The van der Waals surface area contributed by atoms with Crippen LogP contribution in [0.25, 0.3) is 0 Å². The predicted molar refractivity (Wildman–Crippen MR) is 73.5 cm³/mol. The molecule has 2 unspecified atom stereocenters. The minimum Gasteiger partial charge on any atom is -0.480 e. The van der Waals surface area contributed by atoms with Crippen LogP contribution >= 0.6 is 0 Å². The lowest BCUT2D eigenvalue weighted by Crippen LogP contribution is -2.50. The summed E-state index contributed by atoms with van der Waals surface area (Å²) in [7, 11) is -3.34. The molecule has 0 aromatic carbocycles. The van der Waals surface area contributed by atoms with Crippen LogP contribution in [0.4, 0.5) is 4.79 Å². The van der Waals surface area contributed by atoms with Gasteiger partial charge in [0.1, 0.15) is 21.9 Å². The molecule has 2 amide bonds. The fourth-order valence-electron chi connectivity index (χ4n) is 1.31. The summed E-state index contributed by atoms with van der Waals surface area (Å²) in [6.07, 6.45) is 0.699. The number of hydrogen-bond acceptors (Lipinski definition) is 6. The van der Waals surface area contributed by atoms with Crippen molar-refractivity contribution in [1.29, 1.82) is 0 Å². The number of hydrogen-bond donors (Lipinski definition) is 3. The normalized spacial score (nSPS) is 13.9. The van der Waals surface area contributed by atoms with Gasteiger partial charge in [-0.3, -0.25) is 0 Å². The number of carbonyl (C=O) groups is 3. The largest absolute Gasteiger partial charge is 0.480 e. The number of amides is 2. The Bertz CT molecular complexity index is 489. The van der Waals surface area contributed by atoms with Gasteiger partial charge in [-0.05, 0) is 20.3 Å². The molecule has 0 spiro atoms. The summed E-state index contributed by atoms with van der Waals surface area (Å²) in [5, 5.41) is 13.2. The number of rotatable bonds is 8. The Labute approximate surface area is 123 Å². The van der Waals surface area contributed by atoms with Crippen molar-refractivity contribution in [3.63, 3.8) is 0 Å². The van der Waals surface area contributed by atoms with Crippen molar-refractivity contribution in [3.8, 4) is 0 Å². The number of aliphatic carboxylic acids is 1. The number of urea groups is 1. The van der Waals surface area contributed by atoms with Gasteiger partial charge in [-0.1, -0.05) is 0 Å². The summed E-state index contributed by atoms with van der Waals surface area (Å²) >= 11 is 0. The van der Waals surface area contributed by atoms with E-state index in [4.69, 9.17) is 5.11 Å². The molecule has 0 aliphatic heterocycles. The van der Waals surface area contributed by atoms with E-state index in [2.05, 4.69) is 15.4 Å². The Balaban J connectivity index is 4.48. The standard InChI is InChI=1S/C11H20N2O7S/c1-4-20-10(16)7(2)12-11(17)13-8(9(14)15)5-6-21(3,18)19/h7-8H,4-6H2,1-3H3,(H,14,15)(H2,12,13,17). The van der Waals surface area contributed by atoms with E-state index in [1.165, 1.54) is 6.92 Å². The fraction of sp³-hybridized carbons (Fsp3) is 0.727. The molecule has 0 radical (unpaired) electrons. The second-order valence-corrected chi connectivity index (χ2v) is 6.66. The second kappa shape index (κ2) is 8.45. The third-order valence-corrected chi connectivity index (χ3v) is 3.35. The van der Waals surface area contributed by atoms with E-state index in [9.17, 15) is 22.8 Å². The highest BCUT2D eigenvalue weighted by molar-refractivity contribution is 7.90. The van der Waals surface area contributed by atoms with Crippen LogP contribution in [-0.2, 0) is 24.2 Å². The summed E-state index contributed by atoms with van der Waals surface area (Å²) in [4.78, 5) is 33.8. The fourth-order valence-corrected chi connectivity index (χ4v) is 1.98. The Morgan fingerprint density at radius 2 is 1.81 bits per heavy atom. The zero-order valence-electron chi connectivity index (χ0n) is 12.1. The summed E-state index contributed by atoms with van der Waals surface area (Å²) in [5.74, 6) is -2.40. The molecule has 0 rings (SSSR count). The van der Waals surface area contributed by atoms with E-state index in [-0.39, 0.29) is 18.8 Å². The molecule has 10 heteroatoms. The highest BCUT2D eigenvalue weighted by Crippen LogP contribution is 1.97. The van der Waals surface area contributed by atoms with Crippen molar-refractivity contribution in [3.05, 3.63) is 0 Å². The zero-order valence-corrected chi connectivity index (χ0v) is 12.9. The number of esters is 1. The molecule has 2 atom stereocenters. The van der Waals surface area contributed by atoms with Crippen molar-refractivity contribution in [2.24, 2.45) is 0 Å². The maximum absolute atomic E-state index is 11.6. The van der Waals surface area contributed by atoms with Crippen LogP contribution in [0.1, 0.15) is 20.3 Å². The van der Waals surface area contributed by atoms with Crippen LogP contribution < -0.4 is 10.6 Å². The number of ether oxygens (including phenoxy) is 1. The van der Waals surface area contributed by atoms with E-state index in [0.717, 1.165) is 6.26 Å². The Morgan fingerprint density at radius 1 is 1.24 bits per heavy atom. The number of carboxylic acid groups (broad SMARTS) is 1. The molecule has 0 fully saturated rings. The zero-order chi connectivity index (χ0) is 16.6. The molecule has 0 saturated carbocycles. The highest BCUT2D eigenvalue weighted by atomic mass is 32.2. The summed E-state index contributed by atoms with van der Waals surface area (Å²) in [6, 6.07) is -3.21. The third-order valence-electron chi connectivity index (χ3n) is 2.37. The Kier molecular flexibility index (Phi) is 7.71. The van der Waals surface area contributed by atoms with E-state index in [1.807, 2.05) is 0 Å². The smallest absolute Gasteiger partial charge is 0.328 e. The van der Waals surface area contributed by atoms with Crippen molar-refractivity contribution < 1.29 is 32.6 Å². The van der Waals surface area contributed by atoms with Gasteiger partial charge in [-0.25, -0.2) is 22.8 Å². The van der Waals surface area contributed by atoms with Crippen LogP contribution in [0.5, 0.6) is 0 Å². The molecule has 122 valence electrons. The molecule has 21 heavy (non-hydrogen) atoms. The van der Waals surface area contributed by atoms with Crippen molar-refractivity contribution in [2.75, 3.05) is 18.6 Å². The van der Waals surface area contributed by atoms with Crippen LogP contribution in [0, 0.1) is 0 Å². The van der Waals surface area contributed by atoms with E-state index in [0.29, 0.717) is 0 Å². The lowest BCUT2D eigenvalue weighted by atomic mass is 10.2. The average Bonchev–Trinajstić information content (AvgIpc) is 2.33. The van der Waals surface area contributed by atoms with Crippen LogP contribution in [0.2, 0.25) is 0 Å². The van der Waals surface area contributed by atoms with Crippen molar-refractivity contribution >= 4 is 27.8 Å². The molecular formula is C11H20N2O7S. The van der Waals surface area contributed by atoms with Gasteiger partial charge in [0.2, 0.25) is 0 Å². The van der Waals surface area contributed by atoms with Crippen molar-refractivity contribution in [1.82, 2.24) is 10.6 Å². The van der Waals surface area contributed by atoms with E-state index in [1.54, 1.807) is 6.92 Å². The molecule has 0 aromatic rings. The van der Waals surface area contributed by atoms with E-state index >= 15 is 0 Å². The van der Waals surface area contributed by atoms with Gasteiger partial charge in [0.25, 0.3) is 0 Å². The average molecular weight is 324 g/mol. The van der Waals surface area contributed by atoms with Gasteiger partial charge < -0.3 is 20.5 Å². The first kappa shape index (κ1) is 19.2. The number of carboxylic acids is 1. The molecule has 0 bridgehead atoms. The van der Waals surface area contributed by atoms with E-state index < -0.39 is 39.9 Å². The quantitative estimate of drug-likeness (QED) is 0.493. The lowest BCUT2D eigenvalue weighted by Gasteiger charge is -2.17. The highest BCUT2D eigenvalue weighted by Gasteiger charge is 2.23. The maximum atomic E-state index is 11.6. The molecule has 0 heterocycles. The second-order valence-electron chi connectivity index (χ2n) is 4.40. The van der Waals surface area contributed by atoms with Gasteiger partial charge in [0.15, 0.2) is 0 Å². The Hall–Kier alpha value is -1.84. The molecule has 0 aromatic heterocycles. The summed E-state index contributed by atoms with van der Waals surface area (Å²) in [5.41, 5.74) is 0. The first-order chi connectivity index (χ1) is 9.56. The molecule has 9 nitrogen and oxygen atoms in total. The number of sulfone groups is 1. The minimum atomic E-state index is -3.34. The molecule has 3 N–H and O–H groups in total. The Morgan fingerprint density at radius 3 is 2.24 bits per heavy atom. The lowest BCUT2D eigenvalue weighted by molar-refractivity contribution is -0.144. The van der Waals surface area contributed by atoms with Gasteiger partial charge in [0.05, 0.1) is 12.4 Å². The van der Waals surface area contributed by atoms with Gasteiger partial charge in [-0.15, -0.1) is 0 Å². The van der Waals surface area contributed by atoms with Crippen LogP contribution in [0.3, 0.4) is 0 Å². The topological polar surface area (TPSA) is 139 Å². The number of nitrogens with one attached hydrogen (secondary N) is 2. The van der Waals surface area contributed by atoms with Gasteiger partial charge >= 0.3 is 18.0 Å². The third kappa shape index (κ3) is 8.84. The summed E-state index contributed by atoms with van der Waals surface area (Å²) in [6.45, 7) is 3.14. The SMILES string of the molecule is CCOC(=O)C(C)NC(=O)NC(CCS(C)(=O)=O)C(=O)O. The minimum absolute atomic E-state index is 0.151. The number of carbonyl (C=O) groups excluding carboxylic acids is 2. The first-order valence-electron chi connectivity index (χ1n) is 6.21. The van der Waals surface area contributed by atoms with Crippen LogP contribution in [-0.4, -0.2) is 62.2 Å².